The van der Waals surface area contributed by atoms with Crippen LogP contribution in [-0.2, 0) is 19.1 Å². The molecule has 0 N–H and O–H groups in total. The molecule has 0 aromatic heterocycles. The molecule has 0 amide bonds. The van der Waals surface area contributed by atoms with Crippen molar-refractivity contribution in [1.82, 2.24) is 0 Å². The molecule has 0 bridgehead atoms. The number of ether oxygens (including phenoxy) is 2. The van der Waals surface area contributed by atoms with Gasteiger partial charge in [-0.1, -0.05) is 57.6 Å². The highest BCUT2D eigenvalue weighted by Gasteiger charge is 2.21. The minimum absolute atomic E-state index is 0.0743. The van der Waals surface area contributed by atoms with Crippen LogP contribution in [-0.4, -0.2) is 26.2 Å². The molecule has 0 aromatic rings. The van der Waals surface area contributed by atoms with Crippen LogP contribution in [0, 0.1) is 5.92 Å². The Morgan fingerprint density at radius 3 is 2.14 bits per heavy atom. The van der Waals surface area contributed by atoms with Crippen LogP contribution in [0.4, 0.5) is 0 Å². The lowest BCUT2D eigenvalue weighted by atomic mass is 10.0. The molecule has 4 heteroatoms. The van der Waals surface area contributed by atoms with Crippen molar-refractivity contribution in [3.63, 3.8) is 0 Å². The first-order valence-electron chi connectivity index (χ1n) is 8.45. The molecule has 4 nitrogen and oxygen atoms in total. The molecule has 0 spiro atoms. The number of hydrogen-bond acceptors (Lipinski definition) is 4. The number of rotatable bonds is 13. The summed E-state index contributed by atoms with van der Waals surface area (Å²) in [4.78, 5) is 22.9. The van der Waals surface area contributed by atoms with Gasteiger partial charge in [0.15, 0.2) is 0 Å². The number of hydrogen-bond donors (Lipinski definition) is 0. The highest BCUT2D eigenvalue weighted by molar-refractivity contribution is 5.79. The summed E-state index contributed by atoms with van der Waals surface area (Å²) in [7, 11) is 2.67. The third-order valence-corrected chi connectivity index (χ3v) is 3.74. The average molecular weight is 312 g/mol. The Balaban J connectivity index is 3.81. The van der Waals surface area contributed by atoms with Gasteiger partial charge in [0.25, 0.3) is 0 Å². The minimum Gasteiger partial charge on any atom is -0.469 e. The van der Waals surface area contributed by atoms with Gasteiger partial charge in [0.1, 0.15) is 0 Å². The molecule has 128 valence electrons. The Kier molecular flexibility index (Phi) is 13.7. The second-order valence-corrected chi connectivity index (χ2v) is 5.62. The maximum Gasteiger partial charge on any atom is 0.309 e. The van der Waals surface area contributed by atoms with Crippen molar-refractivity contribution in [3.8, 4) is 0 Å². The van der Waals surface area contributed by atoms with E-state index in [2.05, 4.69) is 17.7 Å². The van der Waals surface area contributed by atoms with Crippen LogP contribution in [0.2, 0.25) is 0 Å². The van der Waals surface area contributed by atoms with Gasteiger partial charge in [0, 0.05) is 0 Å². The molecule has 0 radical (unpaired) electrons. The first-order valence-corrected chi connectivity index (χ1v) is 8.45. The lowest BCUT2D eigenvalue weighted by molar-refractivity contribution is -0.151. The van der Waals surface area contributed by atoms with Crippen molar-refractivity contribution in [1.29, 1.82) is 0 Å². The van der Waals surface area contributed by atoms with Gasteiger partial charge in [-0.2, -0.15) is 0 Å². The lowest BCUT2D eigenvalue weighted by Gasteiger charge is -2.10. The zero-order chi connectivity index (χ0) is 16.6. The van der Waals surface area contributed by atoms with Crippen molar-refractivity contribution >= 4 is 11.9 Å². The molecule has 0 rings (SSSR count). The van der Waals surface area contributed by atoms with E-state index < -0.39 is 5.92 Å². The van der Waals surface area contributed by atoms with Crippen molar-refractivity contribution in [2.75, 3.05) is 14.2 Å². The number of esters is 2. The largest absolute Gasteiger partial charge is 0.469 e. The summed E-state index contributed by atoms with van der Waals surface area (Å²) in [6.45, 7) is 2.23. The molecule has 0 aliphatic carbocycles. The summed E-state index contributed by atoms with van der Waals surface area (Å²) in [5.41, 5.74) is 0. The Labute approximate surface area is 135 Å². The zero-order valence-electron chi connectivity index (χ0n) is 14.4. The van der Waals surface area contributed by atoms with E-state index in [0.29, 0.717) is 6.42 Å². The average Bonchev–Trinajstić information content (AvgIpc) is 2.54. The quantitative estimate of drug-likeness (QED) is 0.287. The summed E-state index contributed by atoms with van der Waals surface area (Å²) in [6.07, 6.45) is 14.8. The van der Waals surface area contributed by atoms with E-state index in [0.717, 1.165) is 6.42 Å². The van der Waals surface area contributed by atoms with Crippen LogP contribution in [0.25, 0.3) is 0 Å². The molecule has 1 unspecified atom stereocenters. The second kappa shape index (κ2) is 14.6. The van der Waals surface area contributed by atoms with E-state index in [1.165, 1.54) is 59.2 Å². The van der Waals surface area contributed by atoms with Crippen molar-refractivity contribution in [2.45, 2.75) is 71.1 Å². The van der Waals surface area contributed by atoms with Crippen LogP contribution < -0.4 is 0 Å². The molecule has 0 aliphatic rings. The van der Waals surface area contributed by atoms with Crippen LogP contribution in [0.5, 0.6) is 0 Å². The van der Waals surface area contributed by atoms with Crippen LogP contribution >= 0.6 is 0 Å². The van der Waals surface area contributed by atoms with E-state index >= 15 is 0 Å². The van der Waals surface area contributed by atoms with Gasteiger partial charge >= 0.3 is 11.9 Å². The summed E-state index contributed by atoms with van der Waals surface area (Å²) in [5.74, 6) is -1.18. The molecule has 0 aliphatic heterocycles. The van der Waals surface area contributed by atoms with E-state index in [1.54, 1.807) is 0 Å². The fraction of sp³-hybridized carbons (Fsp3) is 0.778. The van der Waals surface area contributed by atoms with Gasteiger partial charge in [0.2, 0.25) is 0 Å². The molecular formula is C18H32O4. The normalized spacial score (nSPS) is 12.3. The van der Waals surface area contributed by atoms with E-state index in [1.807, 2.05) is 6.08 Å². The van der Waals surface area contributed by atoms with Gasteiger partial charge < -0.3 is 9.47 Å². The molecule has 0 saturated heterocycles. The first-order chi connectivity index (χ1) is 10.7. The maximum absolute atomic E-state index is 11.6. The SMILES string of the molecule is CCCCCCCCCC=CCC(CC(=O)OC)C(=O)OC. The van der Waals surface area contributed by atoms with Gasteiger partial charge in [-0.3, -0.25) is 9.59 Å². The molecule has 0 heterocycles. The number of carbonyl (C=O) groups is 2. The third kappa shape index (κ3) is 11.4. The lowest BCUT2D eigenvalue weighted by Crippen LogP contribution is -2.20. The van der Waals surface area contributed by atoms with Gasteiger partial charge in [-0.25, -0.2) is 0 Å². The molecule has 0 saturated carbocycles. The monoisotopic (exact) mass is 312 g/mol. The fourth-order valence-corrected chi connectivity index (χ4v) is 2.31. The number of unbranched alkanes of at least 4 members (excludes halogenated alkanes) is 7. The third-order valence-electron chi connectivity index (χ3n) is 3.74. The highest BCUT2D eigenvalue weighted by Crippen LogP contribution is 2.14. The highest BCUT2D eigenvalue weighted by atomic mass is 16.5. The zero-order valence-corrected chi connectivity index (χ0v) is 14.4. The molecule has 0 fully saturated rings. The van der Waals surface area contributed by atoms with E-state index in [-0.39, 0.29) is 18.4 Å². The van der Waals surface area contributed by atoms with Gasteiger partial charge in [-0.05, 0) is 19.3 Å². The van der Waals surface area contributed by atoms with Crippen LogP contribution in [0.1, 0.15) is 71.1 Å². The molecule has 0 aromatic carbocycles. The second-order valence-electron chi connectivity index (χ2n) is 5.62. The summed E-state index contributed by atoms with van der Waals surface area (Å²) < 4.78 is 9.32. The van der Waals surface area contributed by atoms with Crippen LogP contribution in [0.15, 0.2) is 12.2 Å². The van der Waals surface area contributed by atoms with E-state index in [4.69, 9.17) is 4.74 Å². The Bertz CT molecular complexity index is 323. The number of allylic oxidation sites excluding steroid dienone is 2. The van der Waals surface area contributed by atoms with E-state index in [9.17, 15) is 9.59 Å². The Hall–Kier alpha value is -1.32. The predicted octanol–water partition coefficient (Wildman–Crippen LogP) is 4.43. The minimum atomic E-state index is -0.442. The van der Waals surface area contributed by atoms with Gasteiger partial charge in [-0.15, -0.1) is 0 Å². The van der Waals surface area contributed by atoms with Crippen LogP contribution in [0.3, 0.4) is 0 Å². The number of carbonyl (C=O) groups excluding carboxylic acids is 2. The predicted molar refractivity (Wildman–Crippen MR) is 88.5 cm³/mol. The summed E-state index contributed by atoms with van der Waals surface area (Å²) >= 11 is 0. The first kappa shape index (κ1) is 20.7. The fourth-order valence-electron chi connectivity index (χ4n) is 2.31. The van der Waals surface area contributed by atoms with Crippen molar-refractivity contribution in [2.24, 2.45) is 5.92 Å². The maximum atomic E-state index is 11.6. The Morgan fingerprint density at radius 1 is 0.909 bits per heavy atom. The molecule has 22 heavy (non-hydrogen) atoms. The molecule has 1 atom stereocenters. The standard InChI is InChI=1S/C18H32O4/c1-4-5-6-7-8-9-10-11-12-13-14-16(18(20)22-3)15-17(19)21-2/h12-13,16H,4-11,14-15H2,1-3H3. The summed E-state index contributed by atoms with van der Waals surface area (Å²) in [6, 6.07) is 0. The van der Waals surface area contributed by atoms with Crippen molar-refractivity contribution < 1.29 is 19.1 Å². The Morgan fingerprint density at radius 2 is 1.55 bits per heavy atom. The van der Waals surface area contributed by atoms with Gasteiger partial charge in [0.05, 0.1) is 26.6 Å². The smallest absolute Gasteiger partial charge is 0.309 e. The topological polar surface area (TPSA) is 52.6 Å². The number of methoxy groups -OCH3 is 2. The van der Waals surface area contributed by atoms with Crippen molar-refractivity contribution in [3.05, 3.63) is 12.2 Å². The summed E-state index contributed by atoms with van der Waals surface area (Å²) in [5, 5.41) is 0. The molecular weight excluding hydrogens is 280 g/mol.